The third kappa shape index (κ3) is 4.22. The smallest absolute Gasteiger partial charge is 0.243 e. The first kappa shape index (κ1) is 19.6. The molecule has 6 heteroatoms. The van der Waals surface area contributed by atoms with Crippen molar-refractivity contribution in [2.45, 2.75) is 44.0 Å². The zero-order chi connectivity index (χ0) is 19.6. The number of nitrogens with zero attached hydrogens (tertiary/aromatic N) is 2. The van der Waals surface area contributed by atoms with Crippen molar-refractivity contribution in [3.05, 3.63) is 59.7 Å². The van der Waals surface area contributed by atoms with E-state index in [0.717, 1.165) is 17.7 Å². The summed E-state index contributed by atoms with van der Waals surface area (Å²) in [4.78, 5) is 13.8. The van der Waals surface area contributed by atoms with Crippen LogP contribution in [0.15, 0.2) is 53.4 Å². The summed E-state index contributed by atoms with van der Waals surface area (Å²) in [5.74, 6) is 0.536. The highest BCUT2D eigenvalue weighted by Crippen LogP contribution is 2.25. The van der Waals surface area contributed by atoms with E-state index in [9.17, 15) is 13.2 Å². The molecular weight excluding hydrogens is 360 g/mol. The van der Waals surface area contributed by atoms with Gasteiger partial charge in [0, 0.05) is 32.2 Å². The maximum Gasteiger partial charge on any atom is 0.243 e. The molecule has 0 aliphatic carbocycles. The van der Waals surface area contributed by atoms with Crippen LogP contribution in [0.25, 0.3) is 0 Å². The van der Waals surface area contributed by atoms with Crippen LogP contribution in [-0.4, -0.2) is 32.2 Å². The predicted octanol–water partition coefficient (Wildman–Crippen LogP) is 3.76. The molecule has 1 aliphatic heterocycles. The van der Waals surface area contributed by atoms with Gasteiger partial charge >= 0.3 is 0 Å². The molecule has 0 N–H and O–H groups in total. The second-order valence-electron chi connectivity index (χ2n) is 7.30. The normalized spacial score (nSPS) is 15.1. The van der Waals surface area contributed by atoms with E-state index in [1.54, 1.807) is 36.2 Å². The Morgan fingerprint density at radius 2 is 1.67 bits per heavy atom. The average Bonchev–Trinajstić information content (AvgIpc) is 3.08. The SMILES string of the molecule is CC(C)c1ccc(CN(C)S(=O)(=O)c2ccc(N3CCCC3=O)cc2)cc1. The van der Waals surface area contributed by atoms with Gasteiger partial charge in [0.25, 0.3) is 0 Å². The van der Waals surface area contributed by atoms with Crippen molar-refractivity contribution in [2.75, 3.05) is 18.5 Å². The predicted molar refractivity (Wildman–Crippen MR) is 107 cm³/mol. The highest BCUT2D eigenvalue weighted by atomic mass is 32.2. The van der Waals surface area contributed by atoms with E-state index in [1.807, 2.05) is 24.3 Å². The fourth-order valence-electron chi connectivity index (χ4n) is 3.25. The molecule has 0 spiro atoms. The maximum atomic E-state index is 12.9. The van der Waals surface area contributed by atoms with E-state index in [-0.39, 0.29) is 10.8 Å². The average molecular weight is 387 g/mol. The van der Waals surface area contributed by atoms with Gasteiger partial charge in [-0.15, -0.1) is 0 Å². The van der Waals surface area contributed by atoms with Crippen molar-refractivity contribution in [2.24, 2.45) is 0 Å². The summed E-state index contributed by atoms with van der Waals surface area (Å²) in [7, 11) is -2.00. The summed E-state index contributed by atoms with van der Waals surface area (Å²) in [6, 6.07) is 14.6. The van der Waals surface area contributed by atoms with E-state index in [4.69, 9.17) is 0 Å². The zero-order valence-corrected chi connectivity index (χ0v) is 16.9. The monoisotopic (exact) mass is 386 g/mol. The van der Waals surface area contributed by atoms with E-state index in [2.05, 4.69) is 13.8 Å². The minimum absolute atomic E-state index is 0.0903. The Labute approximate surface area is 161 Å². The maximum absolute atomic E-state index is 12.9. The van der Waals surface area contributed by atoms with Crippen LogP contribution in [0.2, 0.25) is 0 Å². The van der Waals surface area contributed by atoms with Gasteiger partial charge in [-0.05, 0) is 47.7 Å². The van der Waals surface area contributed by atoms with Gasteiger partial charge in [-0.3, -0.25) is 4.79 Å². The van der Waals surface area contributed by atoms with Crippen molar-refractivity contribution < 1.29 is 13.2 Å². The summed E-state index contributed by atoms with van der Waals surface area (Å²) in [5, 5.41) is 0. The Bertz CT molecular complexity index is 903. The first-order valence-corrected chi connectivity index (χ1v) is 10.7. The number of carbonyl (C=O) groups is 1. The lowest BCUT2D eigenvalue weighted by atomic mass is 10.0. The highest BCUT2D eigenvalue weighted by Gasteiger charge is 2.24. The van der Waals surface area contributed by atoms with E-state index < -0.39 is 10.0 Å². The quantitative estimate of drug-likeness (QED) is 0.760. The minimum Gasteiger partial charge on any atom is -0.312 e. The number of hydrogen-bond donors (Lipinski definition) is 0. The topological polar surface area (TPSA) is 57.7 Å². The lowest BCUT2D eigenvalue weighted by molar-refractivity contribution is -0.117. The first-order valence-electron chi connectivity index (χ1n) is 9.24. The molecule has 0 radical (unpaired) electrons. The lowest BCUT2D eigenvalue weighted by Gasteiger charge is -2.19. The van der Waals surface area contributed by atoms with Gasteiger partial charge in [0.2, 0.25) is 15.9 Å². The molecule has 2 aromatic rings. The number of sulfonamides is 1. The van der Waals surface area contributed by atoms with Crippen molar-refractivity contribution in [3.63, 3.8) is 0 Å². The molecule has 3 rings (SSSR count). The van der Waals surface area contributed by atoms with E-state index in [1.165, 1.54) is 9.87 Å². The van der Waals surface area contributed by atoms with Crippen LogP contribution in [0.5, 0.6) is 0 Å². The Morgan fingerprint density at radius 1 is 1.04 bits per heavy atom. The third-order valence-corrected chi connectivity index (χ3v) is 6.80. The van der Waals surface area contributed by atoms with Crippen LogP contribution >= 0.6 is 0 Å². The summed E-state index contributed by atoms with van der Waals surface area (Å²) in [6.45, 7) is 5.26. The van der Waals surface area contributed by atoms with Gasteiger partial charge in [0.1, 0.15) is 0 Å². The molecule has 5 nitrogen and oxygen atoms in total. The molecule has 1 amide bonds. The van der Waals surface area contributed by atoms with Crippen molar-refractivity contribution in [1.82, 2.24) is 4.31 Å². The van der Waals surface area contributed by atoms with Crippen LogP contribution in [-0.2, 0) is 21.4 Å². The zero-order valence-electron chi connectivity index (χ0n) is 16.1. The van der Waals surface area contributed by atoms with Crippen LogP contribution < -0.4 is 4.90 Å². The molecular formula is C21H26N2O3S. The fraction of sp³-hybridized carbons (Fsp3) is 0.381. The first-order chi connectivity index (χ1) is 12.8. The molecule has 1 aliphatic rings. The number of amides is 1. The van der Waals surface area contributed by atoms with E-state index >= 15 is 0 Å². The Balaban J connectivity index is 1.73. The second kappa shape index (κ2) is 7.82. The van der Waals surface area contributed by atoms with Crippen LogP contribution in [0.1, 0.15) is 43.7 Å². The van der Waals surface area contributed by atoms with Crippen LogP contribution in [0.4, 0.5) is 5.69 Å². The van der Waals surface area contributed by atoms with Gasteiger partial charge in [-0.25, -0.2) is 8.42 Å². The Kier molecular flexibility index (Phi) is 5.67. The minimum atomic E-state index is -3.59. The molecule has 1 saturated heterocycles. The molecule has 0 aromatic heterocycles. The number of carbonyl (C=O) groups excluding carboxylic acids is 1. The second-order valence-corrected chi connectivity index (χ2v) is 9.35. The molecule has 27 heavy (non-hydrogen) atoms. The number of rotatable bonds is 6. The van der Waals surface area contributed by atoms with Gasteiger partial charge in [-0.2, -0.15) is 4.31 Å². The Hall–Kier alpha value is -2.18. The molecule has 1 fully saturated rings. The molecule has 2 aromatic carbocycles. The fourth-order valence-corrected chi connectivity index (χ4v) is 4.41. The molecule has 0 saturated carbocycles. The number of anilines is 1. The van der Waals surface area contributed by atoms with Crippen LogP contribution in [0, 0.1) is 0 Å². The largest absolute Gasteiger partial charge is 0.312 e. The number of benzene rings is 2. The highest BCUT2D eigenvalue weighted by molar-refractivity contribution is 7.89. The van der Waals surface area contributed by atoms with Gasteiger partial charge in [0.05, 0.1) is 4.90 Å². The summed E-state index contributed by atoms with van der Waals surface area (Å²) in [5.41, 5.74) is 2.93. The third-order valence-electron chi connectivity index (χ3n) is 4.98. The molecule has 1 heterocycles. The van der Waals surface area contributed by atoms with Gasteiger partial charge in [-0.1, -0.05) is 38.1 Å². The lowest BCUT2D eigenvalue weighted by Crippen LogP contribution is -2.27. The molecule has 0 bridgehead atoms. The van der Waals surface area contributed by atoms with Gasteiger partial charge in [0.15, 0.2) is 0 Å². The van der Waals surface area contributed by atoms with Crippen LogP contribution in [0.3, 0.4) is 0 Å². The van der Waals surface area contributed by atoms with Crippen molar-refractivity contribution in [3.8, 4) is 0 Å². The Morgan fingerprint density at radius 3 is 2.19 bits per heavy atom. The van der Waals surface area contributed by atoms with Crippen molar-refractivity contribution in [1.29, 1.82) is 0 Å². The molecule has 0 unspecified atom stereocenters. The summed E-state index contributed by atoms with van der Waals surface area (Å²) >= 11 is 0. The van der Waals surface area contributed by atoms with E-state index in [0.29, 0.717) is 25.4 Å². The van der Waals surface area contributed by atoms with Crippen molar-refractivity contribution >= 4 is 21.6 Å². The molecule has 0 atom stereocenters. The summed E-state index contributed by atoms with van der Waals surface area (Å²) < 4.78 is 27.1. The van der Waals surface area contributed by atoms with Gasteiger partial charge < -0.3 is 4.90 Å². The number of hydrogen-bond acceptors (Lipinski definition) is 3. The summed E-state index contributed by atoms with van der Waals surface area (Å²) in [6.07, 6.45) is 1.40. The molecule has 144 valence electrons. The standard InChI is InChI=1S/C21H26N2O3S/c1-16(2)18-8-6-17(7-9-18)15-22(3)27(25,26)20-12-10-19(11-13-20)23-14-4-5-21(23)24/h6-13,16H,4-5,14-15H2,1-3H3.